The van der Waals surface area contributed by atoms with Crippen LogP contribution in [0.25, 0.3) is 0 Å². The molecule has 1 fully saturated rings. The highest BCUT2D eigenvalue weighted by Gasteiger charge is 2.18. The van der Waals surface area contributed by atoms with Gasteiger partial charge in [0.25, 0.3) is 0 Å². The molecule has 19 heavy (non-hydrogen) atoms. The monoisotopic (exact) mass is 300 g/mol. The van der Waals surface area contributed by atoms with Crippen molar-refractivity contribution >= 4 is 27.5 Å². The van der Waals surface area contributed by atoms with Crippen LogP contribution in [0.3, 0.4) is 0 Å². The molecule has 4 nitrogen and oxygen atoms in total. The molecular weight excluding hydrogens is 280 g/mol. The molecule has 0 spiro atoms. The van der Waals surface area contributed by atoms with Crippen LogP contribution < -0.4 is 10.0 Å². The largest absolute Gasteiger partial charge is 0.388 e. The average molecular weight is 300 g/mol. The van der Waals surface area contributed by atoms with Gasteiger partial charge in [-0.05, 0) is 42.9 Å². The summed E-state index contributed by atoms with van der Waals surface area (Å²) < 4.78 is 27.0. The molecule has 0 radical (unpaired) electrons. The second kappa shape index (κ2) is 6.63. The Morgan fingerprint density at radius 2 is 2.00 bits per heavy atom. The van der Waals surface area contributed by atoms with Crippen LogP contribution in [0.2, 0.25) is 0 Å². The van der Waals surface area contributed by atoms with Gasteiger partial charge in [-0.2, -0.15) is 11.8 Å². The fraction of sp³-hybridized carbons (Fsp3) is 0.538. The molecule has 0 saturated carbocycles. The van der Waals surface area contributed by atoms with Gasteiger partial charge in [-0.1, -0.05) is 6.42 Å². The molecule has 0 bridgehead atoms. The minimum Gasteiger partial charge on any atom is -0.388 e. The molecular formula is C13H20N2O2S2. The first-order valence-electron chi connectivity index (χ1n) is 6.51. The molecule has 1 aromatic rings. The molecule has 1 aliphatic heterocycles. The SMILES string of the molecule is CNc1ccc(S(=O)(=O)NCC2CCCCS2)cc1. The summed E-state index contributed by atoms with van der Waals surface area (Å²) in [6, 6.07) is 6.79. The molecule has 106 valence electrons. The zero-order valence-electron chi connectivity index (χ0n) is 11.1. The van der Waals surface area contributed by atoms with Gasteiger partial charge in [0.15, 0.2) is 0 Å². The van der Waals surface area contributed by atoms with Gasteiger partial charge in [-0.25, -0.2) is 13.1 Å². The van der Waals surface area contributed by atoms with Crippen LogP contribution in [-0.4, -0.2) is 33.0 Å². The average Bonchev–Trinajstić information content (AvgIpc) is 2.46. The quantitative estimate of drug-likeness (QED) is 0.876. The summed E-state index contributed by atoms with van der Waals surface area (Å²) in [5, 5.41) is 3.39. The Balaban J connectivity index is 1.96. The van der Waals surface area contributed by atoms with Crippen molar-refractivity contribution in [2.45, 2.75) is 29.4 Å². The lowest BCUT2D eigenvalue weighted by molar-refractivity contribution is 0.574. The highest BCUT2D eigenvalue weighted by Crippen LogP contribution is 2.24. The fourth-order valence-electron chi connectivity index (χ4n) is 2.06. The van der Waals surface area contributed by atoms with Crippen LogP contribution in [-0.2, 0) is 10.0 Å². The van der Waals surface area contributed by atoms with E-state index in [-0.39, 0.29) is 0 Å². The number of anilines is 1. The molecule has 1 atom stereocenters. The van der Waals surface area contributed by atoms with Crippen molar-refractivity contribution in [3.63, 3.8) is 0 Å². The van der Waals surface area contributed by atoms with Gasteiger partial charge in [0.05, 0.1) is 4.90 Å². The normalized spacial score (nSPS) is 20.2. The third-order valence-corrected chi connectivity index (χ3v) is 6.07. The van der Waals surface area contributed by atoms with Crippen LogP contribution in [0.4, 0.5) is 5.69 Å². The zero-order valence-corrected chi connectivity index (χ0v) is 12.7. The third kappa shape index (κ3) is 4.12. The number of sulfonamides is 1. The van der Waals surface area contributed by atoms with E-state index in [2.05, 4.69) is 10.0 Å². The van der Waals surface area contributed by atoms with E-state index in [1.165, 1.54) is 12.8 Å². The number of nitrogens with one attached hydrogen (secondary N) is 2. The summed E-state index contributed by atoms with van der Waals surface area (Å²) in [6.07, 6.45) is 3.56. The molecule has 1 saturated heterocycles. The maximum absolute atomic E-state index is 12.1. The van der Waals surface area contributed by atoms with E-state index in [1.54, 1.807) is 24.3 Å². The first kappa shape index (κ1) is 14.7. The lowest BCUT2D eigenvalue weighted by Gasteiger charge is -2.21. The maximum Gasteiger partial charge on any atom is 0.240 e. The van der Waals surface area contributed by atoms with Crippen molar-refractivity contribution in [2.75, 3.05) is 24.7 Å². The second-order valence-electron chi connectivity index (χ2n) is 4.61. The first-order chi connectivity index (χ1) is 9.12. The molecule has 6 heteroatoms. The predicted molar refractivity (Wildman–Crippen MR) is 81.3 cm³/mol. The highest BCUT2D eigenvalue weighted by atomic mass is 32.2. The molecule has 1 unspecified atom stereocenters. The van der Waals surface area contributed by atoms with Crippen molar-refractivity contribution < 1.29 is 8.42 Å². The third-order valence-electron chi connectivity index (χ3n) is 3.23. The molecule has 1 heterocycles. The lowest BCUT2D eigenvalue weighted by atomic mass is 10.2. The van der Waals surface area contributed by atoms with Crippen molar-refractivity contribution in [3.05, 3.63) is 24.3 Å². The standard InChI is InChI=1S/C13H20N2O2S2/c1-14-11-5-7-13(8-6-11)19(16,17)15-10-12-4-2-3-9-18-12/h5-8,12,14-15H,2-4,9-10H2,1H3. The minimum atomic E-state index is -3.38. The number of thioether (sulfide) groups is 1. The van der Waals surface area contributed by atoms with Gasteiger partial charge in [0, 0.05) is 24.5 Å². The van der Waals surface area contributed by atoms with Gasteiger partial charge >= 0.3 is 0 Å². The molecule has 2 N–H and O–H groups in total. The minimum absolute atomic E-state index is 0.326. The van der Waals surface area contributed by atoms with Gasteiger partial charge in [0.2, 0.25) is 10.0 Å². The highest BCUT2D eigenvalue weighted by molar-refractivity contribution is 8.00. The summed E-state index contributed by atoms with van der Waals surface area (Å²) in [5.74, 6) is 1.14. The van der Waals surface area contributed by atoms with E-state index in [4.69, 9.17) is 0 Å². The first-order valence-corrected chi connectivity index (χ1v) is 9.04. The fourth-order valence-corrected chi connectivity index (χ4v) is 4.48. The van der Waals surface area contributed by atoms with Gasteiger partial charge in [0.1, 0.15) is 0 Å². The van der Waals surface area contributed by atoms with E-state index in [1.807, 2.05) is 18.8 Å². The van der Waals surface area contributed by atoms with Crippen LogP contribution in [0, 0.1) is 0 Å². The molecule has 0 aromatic heterocycles. The van der Waals surface area contributed by atoms with E-state index in [9.17, 15) is 8.42 Å². The Bertz CT molecular complexity index is 494. The van der Waals surface area contributed by atoms with Gasteiger partial charge in [-0.3, -0.25) is 0 Å². The van der Waals surface area contributed by atoms with Crippen molar-refractivity contribution in [3.8, 4) is 0 Å². The Morgan fingerprint density at radius 3 is 2.58 bits per heavy atom. The molecule has 2 rings (SSSR count). The Kier molecular flexibility index (Phi) is 5.13. The topological polar surface area (TPSA) is 58.2 Å². The summed E-state index contributed by atoms with van der Waals surface area (Å²) in [7, 11) is -1.57. The number of benzene rings is 1. The van der Waals surface area contributed by atoms with Gasteiger partial charge in [-0.15, -0.1) is 0 Å². The van der Waals surface area contributed by atoms with E-state index < -0.39 is 10.0 Å². The van der Waals surface area contributed by atoms with Crippen molar-refractivity contribution in [1.82, 2.24) is 4.72 Å². The number of rotatable bonds is 5. The summed E-state index contributed by atoms with van der Waals surface area (Å²) >= 11 is 1.87. The number of hydrogen-bond acceptors (Lipinski definition) is 4. The van der Waals surface area contributed by atoms with Crippen LogP contribution in [0.1, 0.15) is 19.3 Å². The Hall–Kier alpha value is -0.720. The Morgan fingerprint density at radius 1 is 1.26 bits per heavy atom. The van der Waals surface area contributed by atoms with Crippen molar-refractivity contribution in [1.29, 1.82) is 0 Å². The van der Waals surface area contributed by atoms with Crippen LogP contribution in [0.5, 0.6) is 0 Å². The van der Waals surface area contributed by atoms with E-state index >= 15 is 0 Å². The number of hydrogen-bond donors (Lipinski definition) is 2. The molecule has 1 aromatic carbocycles. The maximum atomic E-state index is 12.1. The van der Waals surface area contributed by atoms with Crippen molar-refractivity contribution in [2.24, 2.45) is 0 Å². The summed E-state index contributed by atoms with van der Waals surface area (Å²) in [6.45, 7) is 0.529. The summed E-state index contributed by atoms with van der Waals surface area (Å²) in [5.41, 5.74) is 0.904. The molecule has 0 amide bonds. The predicted octanol–water partition coefficient (Wildman–Crippen LogP) is 2.29. The molecule has 1 aliphatic rings. The van der Waals surface area contributed by atoms with Crippen LogP contribution >= 0.6 is 11.8 Å². The van der Waals surface area contributed by atoms with Gasteiger partial charge < -0.3 is 5.32 Å². The smallest absolute Gasteiger partial charge is 0.240 e. The second-order valence-corrected chi connectivity index (χ2v) is 7.79. The lowest BCUT2D eigenvalue weighted by Crippen LogP contribution is -2.31. The molecule has 0 aliphatic carbocycles. The van der Waals surface area contributed by atoms with E-state index in [0.717, 1.165) is 17.9 Å². The van der Waals surface area contributed by atoms with E-state index in [0.29, 0.717) is 16.7 Å². The van der Waals surface area contributed by atoms with Crippen LogP contribution in [0.15, 0.2) is 29.2 Å². The zero-order chi connectivity index (χ0) is 13.7. The Labute approximate surface area is 119 Å². The summed E-state index contributed by atoms with van der Waals surface area (Å²) in [4.78, 5) is 0.326.